The second-order valence-corrected chi connectivity index (χ2v) is 7.62. The van der Waals surface area contributed by atoms with Crippen LogP contribution in [0.5, 0.6) is 11.5 Å². The van der Waals surface area contributed by atoms with Gasteiger partial charge >= 0.3 is 0 Å². The van der Waals surface area contributed by atoms with E-state index in [2.05, 4.69) is 0 Å². The number of nitrogens with zero attached hydrogens (tertiary/aromatic N) is 2. The maximum atomic E-state index is 12.9. The predicted molar refractivity (Wildman–Crippen MR) is 122 cm³/mol. The van der Waals surface area contributed by atoms with Crippen molar-refractivity contribution in [1.82, 2.24) is 4.90 Å². The van der Waals surface area contributed by atoms with Crippen molar-refractivity contribution in [2.24, 2.45) is 0 Å². The van der Waals surface area contributed by atoms with Gasteiger partial charge in [-0.15, -0.1) is 0 Å². The van der Waals surface area contributed by atoms with E-state index >= 15 is 0 Å². The molecule has 0 atom stereocenters. The van der Waals surface area contributed by atoms with Crippen LogP contribution in [-0.2, 0) is 16.2 Å². The zero-order valence-corrected chi connectivity index (χ0v) is 18.8. The molecule has 3 rings (SSSR count). The Kier molecular flexibility index (Phi) is 7.11. The van der Waals surface area contributed by atoms with Crippen molar-refractivity contribution in [3.8, 4) is 17.6 Å². The van der Waals surface area contributed by atoms with E-state index in [1.165, 1.54) is 5.56 Å². The van der Waals surface area contributed by atoms with Crippen LogP contribution >= 0.6 is 0 Å². The van der Waals surface area contributed by atoms with E-state index in [4.69, 9.17) is 9.47 Å². The van der Waals surface area contributed by atoms with E-state index in [0.29, 0.717) is 41.2 Å². The molecule has 1 heterocycles. The molecule has 2 aromatic rings. The fourth-order valence-electron chi connectivity index (χ4n) is 3.46. The lowest BCUT2D eigenvalue weighted by molar-refractivity contribution is -0.140. The second-order valence-electron chi connectivity index (χ2n) is 7.62. The topological polar surface area (TPSA) is 79.6 Å². The molecule has 2 amide bonds. The number of carbonyl (C=O) groups excluding carboxylic acids is 2. The Balaban J connectivity index is 1.91. The molecule has 0 aromatic heterocycles. The first-order valence-electron chi connectivity index (χ1n) is 10.4. The Morgan fingerprint density at radius 2 is 1.75 bits per heavy atom. The van der Waals surface area contributed by atoms with Crippen LogP contribution in [0.25, 0.3) is 6.08 Å². The summed E-state index contributed by atoms with van der Waals surface area (Å²) in [5.74, 6) is 0.176. The summed E-state index contributed by atoms with van der Waals surface area (Å²) < 4.78 is 11.4. The van der Waals surface area contributed by atoms with Gasteiger partial charge in [-0.05, 0) is 55.2 Å². The Bertz CT molecular complexity index is 1140. The monoisotopic (exact) mass is 430 g/mol. The second kappa shape index (κ2) is 9.97. The van der Waals surface area contributed by atoms with Gasteiger partial charge in [0.15, 0.2) is 11.5 Å². The SMILES string of the molecule is CCCN1C(=O)C(C#N)=C(C)/C(=C\c2ccc(OCc3ccc(C)cc3)c(OC)c2)C1=O. The molecule has 32 heavy (non-hydrogen) atoms. The number of hydrogen-bond donors (Lipinski definition) is 0. The summed E-state index contributed by atoms with van der Waals surface area (Å²) in [7, 11) is 1.55. The summed E-state index contributed by atoms with van der Waals surface area (Å²) in [6.45, 7) is 6.20. The van der Waals surface area contributed by atoms with Gasteiger partial charge in [-0.2, -0.15) is 5.26 Å². The highest BCUT2D eigenvalue weighted by Gasteiger charge is 2.34. The number of methoxy groups -OCH3 is 1. The lowest BCUT2D eigenvalue weighted by Crippen LogP contribution is -2.43. The third-order valence-corrected chi connectivity index (χ3v) is 5.29. The number of aryl methyl sites for hydroxylation is 1. The zero-order valence-electron chi connectivity index (χ0n) is 18.8. The van der Waals surface area contributed by atoms with E-state index in [-0.39, 0.29) is 12.1 Å². The van der Waals surface area contributed by atoms with E-state index in [9.17, 15) is 14.9 Å². The molecule has 0 saturated carbocycles. The molecule has 0 unspecified atom stereocenters. The standard InChI is InChI=1S/C26H26N2O4/c1-5-12-28-25(29)21(18(3)22(15-27)26(28)30)13-20-10-11-23(24(14-20)31-4)32-16-19-8-6-17(2)7-9-19/h6-11,13-14H,5,12,16H2,1-4H3/b21-13+. The van der Waals surface area contributed by atoms with E-state index in [0.717, 1.165) is 10.5 Å². The number of hydrogen-bond acceptors (Lipinski definition) is 5. The average Bonchev–Trinajstić information content (AvgIpc) is 2.80. The van der Waals surface area contributed by atoms with Gasteiger partial charge in [-0.1, -0.05) is 42.8 Å². The van der Waals surface area contributed by atoms with Crippen molar-refractivity contribution in [3.05, 3.63) is 75.9 Å². The minimum atomic E-state index is -0.536. The summed E-state index contributed by atoms with van der Waals surface area (Å²) in [6.07, 6.45) is 2.29. The summed E-state index contributed by atoms with van der Waals surface area (Å²) in [5.41, 5.74) is 3.63. The highest BCUT2D eigenvalue weighted by atomic mass is 16.5. The maximum Gasteiger partial charge on any atom is 0.271 e. The van der Waals surface area contributed by atoms with Crippen LogP contribution in [0, 0.1) is 18.3 Å². The van der Waals surface area contributed by atoms with Gasteiger partial charge in [0.25, 0.3) is 11.8 Å². The third kappa shape index (κ3) is 4.73. The highest BCUT2D eigenvalue weighted by molar-refractivity contribution is 6.19. The van der Waals surface area contributed by atoms with Crippen LogP contribution in [0.15, 0.2) is 59.2 Å². The van der Waals surface area contributed by atoms with Gasteiger partial charge in [0.1, 0.15) is 18.2 Å². The van der Waals surface area contributed by atoms with Crippen molar-refractivity contribution in [2.45, 2.75) is 33.8 Å². The van der Waals surface area contributed by atoms with Crippen LogP contribution in [0.2, 0.25) is 0 Å². The number of benzene rings is 2. The fraction of sp³-hybridized carbons (Fsp3) is 0.269. The molecule has 6 nitrogen and oxygen atoms in total. The first-order valence-corrected chi connectivity index (χ1v) is 10.4. The number of nitriles is 1. The van der Waals surface area contributed by atoms with E-state index < -0.39 is 11.8 Å². The lowest BCUT2D eigenvalue weighted by atomic mass is 9.93. The smallest absolute Gasteiger partial charge is 0.271 e. The van der Waals surface area contributed by atoms with Gasteiger partial charge in [0, 0.05) is 12.1 Å². The molecule has 0 N–H and O–H groups in total. The average molecular weight is 431 g/mol. The van der Waals surface area contributed by atoms with Gasteiger partial charge in [-0.25, -0.2) is 0 Å². The van der Waals surface area contributed by atoms with Crippen LogP contribution in [0.4, 0.5) is 0 Å². The van der Waals surface area contributed by atoms with Crippen molar-refractivity contribution in [1.29, 1.82) is 5.26 Å². The Labute approximate surface area is 188 Å². The molecular formula is C26H26N2O4. The Morgan fingerprint density at radius 3 is 2.38 bits per heavy atom. The van der Waals surface area contributed by atoms with Crippen LogP contribution < -0.4 is 9.47 Å². The quantitative estimate of drug-likeness (QED) is 0.474. The molecule has 0 fully saturated rings. The molecule has 0 saturated heterocycles. The minimum Gasteiger partial charge on any atom is -0.493 e. The highest BCUT2D eigenvalue weighted by Crippen LogP contribution is 2.32. The molecule has 1 aliphatic heterocycles. The summed E-state index contributed by atoms with van der Waals surface area (Å²) in [6, 6.07) is 15.4. The number of imide groups is 1. The van der Waals surface area contributed by atoms with Crippen LogP contribution in [0.1, 0.15) is 37.0 Å². The van der Waals surface area contributed by atoms with Gasteiger partial charge in [0.2, 0.25) is 0 Å². The van der Waals surface area contributed by atoms with Crippen molar-refractivity contribution in [3.63, 3.8) is 0 Å². The normalized spacial score (nSPS) is 15.2. The number of amides is 2. The van der Waals surface area contributed by atoms with E-state index in [1.807, 2.05) is 50.2 Å². The molecule has 0 bridgehead atoms. The van der Waals surface area contributed by atoms with Gasteiger partial charge in [-0.3, -0.25) is 14.5 Å². The van der Waals surface area contributed by atoms with Gasteiger partial charge in [0.05, 0.1) is 7.11 Å². The summed E-state index contributed by atoms with van der Waals surface area (Å²) in [4.78, 5) is 26.6. The number of ether oxygens (including phenoxy) is 2. The largest absolute Gasteiger partial charge is 0.493 e. The van der Waals surface area contributed by atoms with Crippen LogP contribution in [-0.4, -0.2) is 30.4 Å². The molecule has 164 valence electrons. The molecule has 0 aliphatic carbocycles. The fourth-order valence-corrected chi connectivity index (χ4v) is 3.46. The molecular weight excluding hydrogens is 404 g/mol. The number of rotatable bonds is 7. The maximum absolute atomic E-state index is 12.9. The molecule has 0 spiro atoms. The molecule has 2 aromatic carbocycles. The first-order chi connectivity index (χ1) is 15.4. The summed E-state index contributed by atoms with van der Waals surface area (Å²) >= 11 is 0. The molecule has 0 radical (unpaired) electrons. The van der Waals surface area contributed by atoms with Crippen molar-refractivity contribution < 1.29 is 19.1 Å². The van der Waals surface area contributed by atoms with Crippen molar-refractivity contribution in [2.75, 3.05) is 13.7 Å². The van der Waals surface area contributed by atoms with Crippen molar-refractivity contribution >= 4 is 17.9 Å². The zero-order chi connectivity index (χ0) is 23.3. The Hall–Kier alpha value is -3.85. The molecule has 6 heteroatoms. The number of carbonyl (C=O) groups is 2. The Morgan fingerprint density at radius 1 is 1.03 bits per heavy atom. The molecule has 1 aliphatic rings. The third-order valence-electron chi connectivity index (χ3n) is 5.29. The first kappa shape index (κ1) is 22.8. The van der Waals surface area contributed by atoms with Gasteiger partial charge < -0.3 is 9.47 Å². The lowest BCUT2D eigenvalue weighted by Gasteiger charge is -2.27. The predicted octanol–water partition coefficient (Wildman–Crippen LogP) is 4.58. The summed E-state index contributed by atoms with van der Waals surface area (Å²) in [5, 5.41) is 9.44. The minimum absolute atomic E-state index is 0.00526. The van der Waals surface area contributed by atoms with Crippen LogP contribution in [0.3, 0.4) is 0 Å². The van der Waals surface area contributed by atoms with E-state index in [1.54, 1.807) is 32.2 Å².